The Morgan fingerprint density at radius 2 is 2.42 bits per heavy atom. The summed E-state index contributed by atoms with van der Waals surface area (Å²) in [4.78, 5) is 14.4. The molecule has 3 heterocycles. The minimum atomic E-state index is -0.0985. The van der Waals surface area contributed by atoms with E-state index in [9.17, 15) is 4.79 Å². The third-order valence-electron chi connectivity index (χ3n) is 3.43. The number of nitrogens with zero attached hydrogens (tertiary/aromatic N) is 3. The molecule has 0 bridgehead atoms. The molecule has 0 radical (unpaired) electrons. The molecule has 1 N–H and O–H groups in total. The van der Waals surface area contributed by atoms with Crippen molar-refractivity contribution in [3.05, 3.63) is 42.0 Å². The van der Waals surface area contributed by atoms with Crippen LogP contribution >= 0.6 is 0 Å². The fourth-order valence-electron chi connectivity index (χ4n) is 2.39. The van der Waals surface area contributed by atoms with E-state index < -0.39 is 0 Å². The summed E-state index contributed by atoms with van der Waals surface area (Å²) in [5.74, 6) is 0.0235. The van der Waals surface area contributed by atoms with Crippen molar-refractivity contribution in [2.45, 2.75) is 6.04 Å². The van der Waals surface area contributed by atoms with Gasteiger partial charge in [-0.2, -0.15) is 5.10 Å². The highest BCUT2D eigenvalue weighted by atomic mass is 16.5. The van der Waals surface area contributed by atoms with Crippen molar-refractivity contribution in [1.29, 1.82) is 0 Å². The van der Waals surface area contributed by atoms with E-state index in [4.69, 9.17) is 4.74 Å². The van der Waals surface area contributed by atoms with Crippen LogP contribution in [0.1, 0.15) is 22.2 Å². The van der Waals surface area contributed by atoms with Crippen LogP contribution in [0, 0.1) is 0 Å². The number of hydrogen-bond donors (Lipinski definition) is 1. The molecule has 0 unspecified atom stereocenters. The van der Waals surface area contributed by atoms with Gasteiger partial charge in [-0.15, -0.1) is 0 Å². The standard InChI is InChI=1S/C13H16N4O2/c1-16-6-2-3-11(16)13(18)17-7-8-19-9-12(17)10-4-5-14-15-10/h2-6,12H,7-9H2,1H3,(H,14,15)/t12-/m0/s1. The van der Waals surface area contributed by atoms with Gasteiger partial charge < -0.3 is 14.2 Å². The van der Waals surface area contributed by atoms with Crippen molar-refractivity contribution in [3.8, 4) is 0 Å². The Morgan fingerprint density at radius 1 is 1.53 bits per heavy atom. The lowest BCUT2D eigenvalue weighted by Crippen LogP contribution is -2.44. The van der Waals surface area contributed by atoms with Gasteiger partial charge in [0.25, 0.3) is 5.91 Å². The number of ether oxygens (including phenoxy) is 1. The van der Waals surface area contributed by atoms with Gasteiger partial charge in [-0.3, -0.25) is 9.89 Å². The number of morpholine rings is 1. The normalized spacial score (nSPS) is 19.6. The number of H-pyrrole nitrogens is 1. The smallest absolute Gasteiger partial charge is 0.271 e. The Balaban J connectivity index is 1.89. The number of rotatable bonds is 2. The van der Waals surface area contributed by atoms with Gasteiger partial charge in [-0.05, 0) is 18.2 Å². The van der Waals surface area contributed by atoms with Crippen LogP contribution in [0.5, 0.6) is 0 Å². The Hall–Kier alpha value is -2.08. The molecule has 1 aliphatic rings. The fraction of sp³-hybridized carbons (Fsp3) is 0.385. The van der Waals surface area contributed by atoms with Gasteiger partial charge in [0.15, 0.2) is 0 Å². The van der Waals surface area contributed by atoms with Gasteiger partial charge >= 0.3 is 0 Å². The Bertz CT molecular complexity index is 561. The molecular formula is C13H16N4O2. The second kappa shape index (κ2) is 4.89. The molecule has 19 heavy (non-hydrogen) atoms. The van der Waals surface area contributed by atoms with Crippen LogP contribution in [-0.2, 0) is 11.8 Å². The van der Waals surface area contributed by atoms with Crippen molar-refractivity contribution < 1.29 is 9.53 Å². The molecule has 0 aliphatic carbocycles. The van der Waals surface area contributed by atoms with E-state index in [0.29, 0.717) is 25.5 Å². The van der Waals surface area contributed by atoms with Gasteiger partial charge in [0.05, 0.1) is 24.9 Å². The summed E-state index contributed by atoms with van der Waals surface area (Å²) in [6, 6.07) is 5.49. The van der Waals surface area contributed by atoms with Crippen LogP contribution < -0.4 is 0 Å². The highest BCUT2D eigenvalue weighted by Gasteiger charge is 2.31. The van der Waals surface area contributed by atoms with Crippen LogP contribution in [0.25, 0.3) is 0 Å². The number of aryl methyl sites for hydroxylation is 1. The van der Waals surface area contributed by atoms with E-state index in [-0.39, 0.29) is 11.9 Å². The molecule has 6 heteroatoms. The van der Waals surface area contributed by atoms with Gasteiger partial charge in [0.2, 0.25) is 0 Å². The first-order valence-corrected chi connectivity index (χ1v) is 6.26. The minimum absolute atomic E-state index is 0.0235. The zero-order valence-corrected chi connectivity index (χ0v) is 10.7. The Morgan fingerprint density at radius 3 is 3.11 bits per heavy atom. The summed E-state index contributed by atoms with van der Waals surface area (Å²) in [7, 11) is 1.87. The number of carbonyl (C=O) groups is 1. The van der Waals surface area contributed by atoms with E-state index in [1.165, 1.54) is 0 Å². The van der Waals surface area contributed by atoms with Crippen LogP contribution in [0.15, 0.2) is 30.6 Å². The largest absolute Gasteiger partial charge is 0.377 e. The average Bonchev–Trinajstić information content (AvgIpc) is 3.09. The lowest BCUT2D eigenvalue weighted by atomic mass is 10.1. The highest BCUT2D eigenvalue weighted by Crippen LogP contribution is 2.24. The number of amides is 1. The van der Waals surface area contributed by atoms with Crippen molar-refractivity contribution in [2.24, 2.45) is 7.05 Å². The van der Waals surface area contributed by atoms with Crippen molar-refractivity contribution in [2.75, 3.05) is 19.8 Å². The van der Waals surface area contributed by atoms with Crippen LogP contribution in [0.4, 0.5) is 0 Å². The molecule has 0 aromatic carbocycles. The molecule has 1 saturated heterocycles. The molecule has 2 aromatic heterocycles. The monoisotopic (exact) mass is 260 g/mol. The van der Waals surface area contributed by atoms with Crippen molar-refractivity contribution >= 4 is 5.91 Å². The lowest BCUT2D eigenvalue weighted by Gasteiger charge is -2.34. The third-order valence-corrected chi connectivity index (χ3v) is 3.43. The maximum Gasteiger partial charge on any atom is 0.271 e. The quantitative estimate of drug-likeness (QED) is 0.875. The molecule has 6 nitrogen and oxygen atoms in total. The van der Waals surface area contributed by atoms with E-state index >= 15 is 0 Å². The van der Waals surface area contributed by atoms with E-state index in [0.717, 1.165) is 5.69 Å². The number of hydrogen-bond acceptors (Lipinski definition) is 3. The van der Waals surface area contributed by atoms with Gasteiger partial charge in [0.1, 0.15) is 5.69 Å². The van der Waals surface area contributed by atoms with Crippen LogP contribution in [0.2, 0.25) is 0 Å². The molecule has 3 rings (SSSR count). The van der Waals surface area contributed by atoms with Crippen LogP contribution in [0.3, 0.4) is 0 Å². The Kier molecular flexibility index (Phi) is 3.08. The lowest BCUT2D eigenvalue weighted by molar-refractivity contribution is -0.00440. The van der Waals surface area contributed by atoms with Gasteiger partial charge in [-0.1, -0.05) is 0 Å². The predicted octanol–water partition coefficient (Wildman–Crippen LogP) is 0.962. The second-order valence-electron chi connectivity index (χ2n) is 4.61. The summed E-state index contributed by atoms with van der Waals surface area (Å²) < 4.78 is 7.32. The average molecular weight is 260 g/mol. The molecule has 1 atom stereocenters. The summed E-state index contributed by atoms with van der Waals surface area (Å²) in [6.45, 7) is 1.66. The molecular weight excluding hydrogens is 244 g/mol. The van der Waals surface area contributed by atoms with Gasteiger partial charge in [0, 0.05) is 26.0 Å². The highest BCUT2D eigenvalue weighted by molar-refractivity contribution is 5.93. The van der Waals surface area contributed by atoms with Gasteiger partial charge in [-0.25, -0.2) is 0 Å². The molecule has 1 fully saturated rings. The van der Waals surface area contributed by atoms with Crippen molar-refractivity contribution in [3.63, 3.8) is 0 Å². The summed E-state index contributed by atoms with van der Waals surface area (Å²) >= 11 is 0. The molecule has 0 saturated carbocycles. The van der Waals surface area contributed by atoms with Crippen LogP contribution in [-0.4, -0.2) is 45.3 Å². The molecule has 1 amide bonds. The molecule has 0 spiro atoms. The van der Waals surface area contributed by atoms with Crippen molar-refractivity contribution in [1.82, 2.24) is 19.7 Å². The molecule has 2 aromatic rings. The SMILES string of the molecule is Cn1cccc1C(=O)N1CCOC[C@H]1c1ccn[nH]1. The number of nitrogens with one attached hydrogen (secondary N) is 1. The number of carbonyl (C=O) groups excluding carboxylic acids is 1. The molecule has 100 valence electrons. The summed E-state index contributed by atoms with van der Waals surface area (Å²) in [6.07, 6.45) is 3.56. The first kappa shape index (κ1) is 12.0. The fourth-order valence-corrected chi connectivity index (χ4v) is 2.39. The van der Waals surface area contributed by atoms with E-state index in [1.54, 1.807) is 6.20 Å². The zero-order chi connectivity index (χ0) is 13.2. The Labute approximate surface area is 111 Å². The summed E-state index contributed by atoms with van der Waals surface area (Å²) in [5.41, 5.74) is 1.59. The van der Waals surface area contributed by atoms with E-state index in [1.807, 2.05) is 40.9 Å². The predicted molar refractivity (Wildman–Crippen MR) is 68.6 cm³/mol. The maximum atomic E-state index is 12.6. The summed E-state index contributed by atoms with van der Waals surface area (Å²) in [5, 5.41) is 6.87. The third kappa shape index (κ3) is 2.15. The first-order chi connectivity index (χ1) is 9.27. The topological polar surface area (TPSA) is 63.1 Å². The number of aromatic amines is 1. The second-order valence-corrected chi connectivity index (χ2v) is 4.61. The zero-order valence-electron chi connectivity index (χ0n) is 10.7. The maximum absolute atomic E-state index is 12.6. The minimum Gasteiger partial charge on any atom is -0.377 e. The number of aromatic nitrogens is 3. The van der Waals surface area contributed by atoms with E-state index in [2.05, 4.69) is 10.2 Å². The molecule has 1 aliphatic heterocycles. The first-order valence-electron chi connectivity index (χ1n) is 6.26.